The molecular weight excluding hydrogens is 261 g/mol. The van der Waals surface area contributed by atoms with E-state index in [1.807, 2.05) is 0 Å². The Hall–Kier alpha value is -2.15. The predicted molar refractivity (Wildman–Crippen MR) is 72.8 cm³/mol. The maximum atomic E-state index is 11.4. The lowest BCUT2D eigenvalue weighted by Crippen LogP contribution is -2.33. The minimum absolute atomic E-state index is 0.105. The van der Waals surface area contributed by atoms with Crippen molar-refractivity contribution in [2.75, 3.05) is 20.1 Å². The minimum atomic E-state index is -1.00. The van der Waals surface area contributed by atoms with Crippen molar-refractivity contribution >= 4 is 31.2 Å². The summed E-state index contributed by atoms with van der Waals surface area (Å²) >= 11 is 0. The van der Waals surface area contributed by atoms with Crippen LogP contribution in [0.25, 0.3) is 0 Å². The van der Waals surface area contributed by atoms with E-state index in [2.05, 4.69) is 0 Å². The molecule has 105 valence electrons. The second kappa shape index (κ2) is 8.11. The zero-order valence-corrected chi connectivity index (χ0v) is 11.1. The molecule has 0 fully saturated rings. The highest BCUT2D eigenvalue weighted by Gasteiger charge is 2.11. The largest absolute Gasteiger partial charge is 0.532 e. The quantitative estimate of drug-likeness (QED) is 0.496. The summed E-state index contributed by atoms with van der Waals surface area (Å²) in [6.07, 6.45) is 1.16. The lowest BCUT2D eigenvalue weighted by molar-refractivity contribution is -0.140. The first-order valence-electron chi connectivity index (χ1n) is 5.97. The molecule has 7 heteroatoms. The number of carboxylic acid groups (broad SMARTS) is 1. The van der Waals surface area contributed by atoms with Crippen LogP contribution in [0.5, 0.6) is 0 Å². The van der Waals surface area contributed by atoms with Gasteiger partial charge >= 0.3 is 19.4 Å². The molecule has 0 saturated carbocycles. The van der Waals surface area contributed by atoms with Crippen LogP contribution in [-0.4, -0.2) is 55.9 Å². The first-order chi connectivity index (χ1) is 9.51. The fourth-order valence-electron chi connectivity index (χ4n) is 1.51. The van der Waals surface area contributed by atoms with Crippen LogP contribution in [0.15, 0.2) is 24.3 Å². The first kappa shape index (κ1) is 15.9. The highest BCUT2D eigenvalue weighted by molar-refractivity contribution is 6.48. The molecule has 0 unspecified atom stereocenters. The van der Waals surface area contributed by atoms with Crippen LogP contribution < -0.4 is 5.46 Å². The smallest absolute Gasteiger partial charge is 0.412 e. The number of likely N-dealkylation sites (N-methyl/N-ethyl adjacent to an activating group) is 1. The van der Waals surface area contributed by atoms with E-state index in [1.165, 1.54) is 19.4 Å². The van der Waals surface area contributed by atoms with Gasteiger partial charge in [0.2, 0.25) is 0 Å². The van der Waals surface area contributed by atoms with Crippen molar-refractivity contribution in [1.29, 1.82) is 0 Å². The van der Waals surface area contributed by atoms with Gasteiger partial charge in [-0.05, 0) is 18.1 Å². The number of aldehydes is 1. The molecule has 0 aliphatic rings. The van der Waals surface area contributed by atoms with Crippen LogP contribution in [-0.2, 0) is 25.5 Å². The number of benzene rings is 1. The summed E-state index contributed by atoms with van der Waals surface area (Å²) in [7, 11) is 2.81. The Bertz CT molecular complexity index is 474. The Labute approximate surface area is 117 Å². The maximum absolute atomic E-state index is 11.4. The van der Waals surface area contributed by atoms with E-state index >= 15 is 0 Å². The summed E-state index contributed by atoms with van der Waals surface area (Å²) in [5, 5.41) is 8.55. The molecule has 0 heterocycles. The van der Waals surface area contributed by atoms with Crippen LogP contribution in [0.3, 0.4) is 0 Å². The second-order valence-corrected chi connectivity index (χ2v) is 4.29. The fourth-order valence-corrected chi connectivity index (χ4v) is 1.51. The number of hydrogen-bond acceptors (Lipinski definition) is 5. The Morgan fingerprint density at radius 2 is 1.95 bits per heavy atom. The molecule has 1 aromatic carbocycles. The maximum Gasteiger partial charge on any atom is 0.412 e. The van der Waals surface area contributed by atoms with E-state index in [1.54, 1.807) is 24.3 Å². The Balaban J connectivity index is 2.36. The van der Waals surface area contributed by atoms with Crippen molar-refractivity contribution in [3.05, 3.63) is 29.8 Å². The van der Waals surface area contributed by atoms with E-state index in [-0.39, 0.29) is 13.1 Å². The molecule has 1 aromatic rings. The van der Waals surface area contributed by atoms with Gasteiger partial charge in [-0.2, -0.15) is 0 Å². The van der Waals surface area contributed by atoms with E-state index in [0.29, 0.717) is 11.9 Å². The Morgan fingerprint density at radius 1 is 1.30 bits per heavy atom. The summed E-state index contributed by atoms with van der Waals surface area (Å²) in [6, 6.07) is 7.00. The van der Waals surface area contributed by atoms with Gasteiger partial charge in [0.15, 0.2) is 0 Å². The monoisotopic (exact) mass is 276 g/mol. The third kappa shape index (κ3) is 6.15. The third-order valence-corrected chi connectivity index (χ3v) is 2.43. The summed E-state index contributed by atoms with van der Waals surface area (Å²) < 4.78 is 4.91. The molecule has 0 atom stereocenters. The number of carbonyl (C=O) groups excluding carboxylic acids is 2. The van der Waals surface area contributed by atoms with Crippen LogP contribution in [0, 0.1) is 0 Å². The Kier molecular flexibility index (Phi) is 6.45. The molecule has 1 N–H and O–H groups in total. The zero-order valence-electron chi connectivity index (χ0n) is 11.1. The predicted octanol–water partition coefficient (Wildman–Crippen LogP) is -0.768. The van der Waals surface area contributed by atoms with Crippen LogP contribution in [0.2, 0.25) is 0 Å². The Morgan fingerprint density at radius 3 is 2.50 bits per heavy atom. The summed E-state index contributed by atoms with van der Waals surface area (Å²) in [5.74, 6) is -1.54. The number of nitrogens with zero attached hydrogens (tertiary/aromatic N) is 1. The van der Waals surface area contributed by atoms with Crippen molar-refractivity contribution in [2.24, 2.45) is 0 Å². The second-order valence-electron chi connectivity index (χ2n) is 4.29. The fraction of sp³-hybridized carbons (Fsp3) is 0.308. The molecule has 0 bridgehead atoms. The molecule has 0 aromatic heterocycles. The van der Waals surface area contributed by atoms with Crippen LogP contribution in [0.1, 0.15) is 5.56 Å². The van der Waals surface area contributed by atoms with Gasteiger partial charge in [-0.1, -0.05) is 24.3 Å². The molecule has 1 rings (SSSR count). The summed E-state index contributed by atoms with van der Waals surface area (Å²) in [4.78, 5) is 33.5. The number of rotatable bonds is 8. The van der Waals surface area contributed by atoms with Gasteiger partial charge in [0.05, 0.1) is 13.1 Å². The van der Waals surface area contributed by atoms with Crippen LogP contribution >= 0.6 is 0 Å². The minimum Gasteiger partial charge on any atom is -0.532 e. The van der Waals surface area contributed by atoms with E-state index in [9.17, 15) is 14.4 Å². The van der Waals surface area contributed by atoms with Crippen molar-refractivity contribution in [2.45, 2.75) is 6.42 Å². The van der Waals surface area contributed by atoms with Crippen molar-refractivity contribution in [1.82, 2.24) is 4.90 Å². The highest BCUT2D eigenvalue weighted by atomic mass is 16.5. The highest BCUT2D eigenvalue weighted by Crippen LogP contribution is 1.96. The molecule has 6 nitrogen and oxygen atoms in total. The molecule has 0 spiro atoms. The van der Waals surface area contributed by atoms with Crippen LogP contribution in [0.4, 0.5) is 0 Å². The van der Waals surface area contributed by atoms with E-state index in [4.69, 9.17) is 9.76 Å². The van der Waals surface area contributed by atoms with E-state index in [0.717, 1.165) is 11.8 Å². The zero-order chi connectivity index (χ0) is 15.0. The normalized spacial score (nSPS) is 10.1. The molecule has 0 aliphatic carbocycles. The van der Waals surface area contributed by atoms with Gasteiger partial charge in [0.1, 0.15) is 6.29 Å². The average molecular weight is 276 g/mol. The SMILES string of the molecule is CN(CC(=O)O)CC(=O)O[B]c1ccc(CC=O)cc1. The topological polar surface area (TPSA) is 83.9 Å². The third-order valence-electron chi connectivity index (χ3n) is 2.43. The summed E-state index contributed by atoms with van der Waals surface area (Å²) in [6.45, 7) is -0.332. The number of aliphatic carboxylic acids is 1. The number of hydrogen-bond donors (Lipinski definition) is 1. The standard InChI is InChI=1S/C13H15BNO5/c1-15(8-12(17)18)9-13(19)20-14-11-4-2-10(3-5-11)6-7-16/h2-5,7H,6,8-9H2,1H3,(H,17,18). The van der Waals surface area contributed by atoms with E-state index < -0.39 is 11.9 Å². The van der Waals surface area contributed by atoms with Gasteiger partial charge in [0.25, 0.3) is 0 Å². The average Bonchev–Trinajstić information content (AvgIpc) is 2.37. The molecular formula is C13H15BNO5. The van der Waals surface area contributed by atoms with Gasteiger partial charge < -0.3 is 14.6 Å². The van der Waals surface area contributed by atoms with Crippen molar-refractivity contribution in [3.8, 4) is 0 Å². The molecule has 20 heavy (non-hydrogen) atoms. The first-order valence-corrected chi connectivity index (χ1v) is 5.97. The van der Waals surface area contributed by atoms with Gasteiger partial charge in [-0.25, -0.2) is 0 Å². The number of carbonyl (C=O) groups is 3. The van der Waals surface area contributed by atoms with Crippen molar-refractivity contribution < 1.29 is 24.1 Å². The van der Waals surface area contributed by atoms with Crippen molar-refractivity contribution in [3.63, 3.8) is 0 Å². The van der Waals surface area contributed by atoms with Gasteiger partial charge in [0, 0.05) is 6.42 Å². The molecule has 1 radical (unpaired) electrons. The van der Waals surface area contributed by atoms with Gasteiger partial charge in [-0.3, -0.25) is 14.5 Å². The lowest BCUT2D eigenvalue weighted by atomic mass is 9.87. The lowest BCUT2D eigenvalue weighted by Gasteiger charge is -2.12. The van der Waals surface area contributed by atoms with Gasteiger partial charge in [-0.15, -0.1) is 0 Å². The summed E-state index contributed by atoms with van der Waals surface area (Å²) in [5.41, 5.74) is 1.57. The molecule has 0 amide bonds. The molecule has 0 saturated heterocycles. The number of carboxylic acids is 1. The molecule has 0 aliphatic heterocycles.